The van der Waals surface area contributed by atoms with Gasteiger partial charge in [-0.25, -0.2) is 0 Å². The Morgan fingerprint density at radius 3 is 2.56 bits per heavy atom. The number of hydrogen-bond acceptors (Lipinski definition) is 3. The van der Waals surface area contributed by atoms with Crippen molar-refractivity contribution >= 4 is 22.9 Å². The second-order valence-electron chi connectivity index (χ2n) is 7.29. The molecule has 132 valence electrons. The van der Waals surface area contributed by atoms with E-state index in [0.29, 0.717) is 6.54 Å². The summed E-state index contributed by atoms with van der Waals surface area (Å²) in [6.45, 7) is 3.00. The molecular formula is C21H26N2OS. The Labute approximate surface area is 154 Å². The van der Waals surface area contributed by atoms with Crippen LogP contribution in [0.25, 0.3) is 0 Å². The second kappa shape index (κ2) is 7.20. The van der Waals surface area contributed by atoms with Crippen LogP contribution in [0.2, 0.25) is 0 Å². The summed E-state index contributed by atoms with van der Waals surface area (Å²) in [5, 5.41) is 0. The molecule has 0 bridgehead atoms. The molecule has 1 fully saturated rings. The van der Waals surface area contributed by atoms with Gasteiger partial charge in [0.2, 0.25) is 0 Å². The minimum Gasteiger partial charge on any atom is -0.372 e. The lowest BCUT2D eigenvalue weighted by Gasteiger charge is -2.29. The van der Waals surface area contributed by atoms with Crippen molar-refractivity contribution in [1.82, 2.24) is 4.90 Å². The number of fused-ring (bicyclic) bond motifs is 1. The van der Waals surface area contributed by atoms with Gasteiger partial charge in [-0.3, -0.25) is 4.79 Å². The zero-order valence-electron chi connectivity index (χ0n) is 15.0. The molecule has 2 heterocycles. The molecule has 0 unspecified atom stereocenters. The van der Waals surface area contributed by atoms with E-state index in [1.165, 1.54) is 60.5 Å². The summed E-state index contributed by atoms with van der Waals surface area (Å²) in [7, 11) is 1.91. The quantitative estimate of drug-likeness (QED) is 0.807. The third-order valence-corrected chi connectivity index (χ3v) is 6.61. The molecule has 1 aromatic heterocycles. The van der Waals surface area contributed by atoms with Crippen molar-refractivity contribution in [2.75, 3.05) is 25.0 Å². The number of hydrogen-bond donors (Lipinski definition) is 0. The average molecular weight is 355 g/mol. The summed E-state index contributed by atoms with van der Waals surface area (Å²) in [6, 6.07) is 10.9. The lowest BCUT2D eigenvalue weighted by Crippen LogP contribution is -2.29. The van der Waals surface area contributed by atoms with E-state index >= 15 is 0 Å². The van der Waals surface area contributed by atoms with Crippen molar-refractivity contribution in [1.29, 1.82) is 0 Å². The molecule has 0 spiro atoms. The topological polar surface area (TPSA) is 23.6 Å². The van der Waals surface area contributed by atoms with Crippen LogP contribution >= 0.6 is 11.3 Å². The van der Waals surface area contributed by atoms with Gasteiger partial charge in [-0.05, 0) is 67.9 Å². The fourth-order valence-electron chi connectivity index (χ4n) is 3.93. The first-order valence-corrected chi connectivity index (χ1v) is 10.2. The van der Waals surface area contributed by atoms with Gasteiger partial charge in [0.15, 0.2) is 0 Å². The number of rotatable bonds is 4. The van der Waals surface area contributed by atoms with Gasteiger partial charge in [-0.2, -0.15) is 0 Å². The van der Waals surface area contributed by atoms with Gasteiger partial charge in [0.05, 0.1) is 4.88 Å². The van der Waals surface area contributed by atoms with Gasteiger partial charge in [0, 0.05) is 37.2 Å². The lowest BCUT2D eigenvalue weighted by atomic mass is 10.1. The second-order valence-corrected chi connectivity index (χ2v) is 8.42. The summed E-state index contributed by atoms with van der Waals surface area (Å²) in [4.78, 5) is 19.3. The minimum absolute atomic E-state index is 0.152. The van der Waals surface area contributed by atoms with Gasteiger partial charge in [0.1, 0.15) is 0 Å². The van der Waals surface area contributed by atoms with Crippen LogP contribution in [-0.2, 0) is 19.4 Å². The highest BCUT2D eigenvalue weighted by Gasteiger charge is 2.20. The maximum atomic E-state index is 12.7. The number of carbonyl (C=O) groups is 1. The number of amides is 1. The molecule has 4 heteroatoms. The molecule has 25 heavy (non-hydrogen) atoms. The molecule has 0 radical (unpaired) electrons. The van der Waals surface area contributed by atoms with E-state index in [2.05, 4.69) is 35.2 Å². The van der Waals surface area contributed by atoms with Gasteiger partial charge < -0.3 is 9.80 Å². The van der Waals surface area contributed by atoms with Gasteiger partial charge >= 0.3 is 0 Å². The fraction of sp³-hybridized carbons (Fsp3) is 0.476. The number of carbonyl (C=O) groups excluding carboxylic acids is 1. The van der Waals surface area contributed by atoms with E-state index in [1.54, 1.807) is 11.3 Å². The van der Waals surface area contributed by atoms with Crippen LogP contribution in [0.5, 0.6) is 0 Å². The van der Waals surface area contributed by atoms with Crippen LogP contribution in [0.4, 0.5) is 5.69 Å². The van der Waals surface area contributed by atoms with E-state index in [-0.39, 0.29) is 5.91 Å². The number of anilines is 1. The predicted octanol–water partition coefficient (Wildman–Crippen LogP) is 4.50. The van der Waals surface area contributed by atoms with Crippen molar-refractivity contribution in [3.8, 4) is 0 Å². The molecule has 1 aromatic carbocycles. The molecule has 1 aliphatic carbocycles. The zero-order chi connectivity index (χ0) is 17.2. The Hall–Kier alpha value is -1.81. The fourth-order valence-corrected chi connectivity index (χ4v) is 5.18. The summed E-state index contributed by atoms with van der Waals surface area (Å²) < 4.78 is 0. The molecule has 1 saturated heterocycles. The molecule has 0 N–H and O–H groups in total. The van der Waals surface area contributed by atoms with Crippen LogP contribution in [0.15, 0.2) is 30.3 Å². The molecule has 1 amide bonds. The van der Waals surface area contributed by atoms with Crippen LogP contribution in [0.3, 0.4) is 0 Å². The van der Waals surface area contributed by atoms with Crippen LogP contribution in [-0.4, -0.2) is 30.9 Å². The summed E-state index contributed by atoms with van der Waals surface area (Å²) >= 11 is 1.69. The van der Waals surface area contributed by atoms with Gasteiger partial charge in [-0.15, -0.1) is 11.3 Å². The largest absolute Gasteiger partial charge is 0.372 e. The highest BCUT2D eigenvalue weighted by molar-refractivity contribution is 7.14. The Morgan fingerprint density at radius 1 is 1.08 bits per heavy atom. The molecule has 4 rings (SSSR count). The van der Waals surface area contributed by atoms with E-state index in [9.17, 15) is 4.79 Å². The number of aryl methyl sites for hydroxylation is 2. The Kier molecular flexibility index (Phi) is 4.80. The normalized spacial score (nSPS) is 16.8. The maximum absolute atomic E-state index is 12.7. The van der Waals surface area contributed by atoms with E-state index in [0.717, 1.165) is 17.7 Å². The Balaban J connectivity index is 1.39. The zero-order valence-corrected chi connectivity index (χ0v) is 15.8. The molecule has 0 atom stereocenters. The standard InChI is InChI=1S/C21H26N2OS/c1-22(21(24)20-14-17-6-5-7-19(17)25-20)15-16-8-10-18(11-9-16)23-12-3-2-4-13-23/h8-11,14H,2-7,12-13,15H2,1H3. The third-order valence-electron chi connectivity index (χ3n) is 5.38. The number of thiophene rings is 1. The van der Waals surface area contributed by atoms with E-state index in [1.807, 2.05) is 11.9 Å². The van der Waals surface area contributed by atoms with E-state index in [4.69, 9.17) is 0 Å². The lowest BCUT2D eigenvalue weighted by molar-refractivity contribution is 0.0790. The van der Waals surface area contributed by atoms with E-state index < -0.39 is 0 Å². The first-order chi connectivity index (χ1) is 12.2. The number of piperidine rings is 1. The Morgan fingerprint density at radius 2 is 1.84 bits per heavy atom. The molecule has 2 aromatic rings. The smallest absolute Gasteiger partial charge is 0.263 e. The predicted molar refractivity (Wildman–Crippen MR) is 105 cm³/mol. The summed E-state index contributed by atoms with van der Waals surface area (Å²) in [5.74, 6) is 0.152. The average Bonchev–Trinajstić information content (AvgIpc) is 3.24. The molecule has 0 saturated carbocycles. The minimum atomic E-state index is 0.152. The van der Waals surface area contributed by atoms with Crippen molar-refractivity contribution in [3.63, 3.8) is 0 Å². The van der Waals surface area contributed by atoms with Crippen molar-refractivity contribution < 1.29 is 4.79 Å². The van der Waals surface area contributed by atoms with Gasteiger partial charge in [-0.1, -0.05) is 12.1 Å². The number of nitrogens with zero attached hydrogens (tertiary/aromatic N) is 2. The summed E-state index contributed by atoms with van der Waals surface area (Å²) in [5.41, 5.74) is 3.90. The molecule has 2 aliphatic rings. The van der Waals surface area contributed by atoms with Crippen molar-refractivity contribution in [2.24, 2.45) is 0 Å². The maximum Gasteiger partial charge on any atom is 0.263 e. The monoisotopic (exact) mass is 354 g/mol. The molecule has 1 aliphatic heterocycles. The Bertz CT molecular complexity index is 722. The van der Waals surface area contributed by atoms with Crippen LogP contribution < -0.4 is 4.90 Å². The molecule has 3 nitrogen and oxygen atoms in total. The van der Waals surface area contributed by atoms with Crippen LogP contribution in [0, 0.1) is 0 Å². The van der Waals surface area contributed by atoms with Crippen LogP contribution in [0.1, 0.15) is 51.4 Å². The first-order valence-electron chi connectivity index (χ1n) is 9.41. The molecular weight excluding hydrogens is 328 g/mol. The number of benzene rings is 1. The highest BCUT2D eigenvalue weighted by Crippen LogP contribution is 2.31. The first kappa shape index (κ1) is 16.6. The summed E-state index contributed by atoms with van der Waals surface area (Å²) in [6.07, 6.45) is 7.48. The SMILES string of the molecule is CN(Cc1ccc(N2CCCCC2)cc1)C(=O)c1cc2c(s1)CCC2. The van der Waals surface area contributed by atoms with Crippen molar-refractivity contribution in [2.45, 2.75) is 45.1 Å². The highest BCUT2D eigenvalue weighted by atomic mass is 32.1. The van der Waals surface area contributed by atoms with Crippen molar-refractivity contribution in [3.05, 3.63) is 51.2 Å². The van der Waals surface area contributed by atoms with Gasteiger partial charge in [0.25, 0.3) is 5.91 Å². The third kappa shape index (κ3) is 3.59.